The fraction of sp³-hybridized carbons (Fsp3) is 0.970. The molecule has 4 unspecified atom stereocenters. The second kappa shape index (κ2) is 13.3. The Morgan fingerprint density at radius 2 is 1.66 bits per heavy atom. The Hall–Kier alpha value is -0.650. The molecule has 4 rings (SSSR count). The molecule has 4 saturated carbocycles. The predicted molar refractivity (Wildman–Crippen MR) is 158 cm³/mol. The van der Waals surface area contributed by atoms with Gasteiger partial charge in [-0.2, -0.15) is 0 Å². The minimum atomic E-state index is -0.00854. The third kappa shape index (κ3) is 6.62. The van der Waals surface area contributed by atoms with Crippen LogP contribution in [0.2, 0.25) is 0 Å². The van der Waals surface area contributed by atoms with Crippen LogP contribution in [-0.4, -0.2) is 44.3 Å². The van der Waals surface area contributed by atoms with Crippen molar-refractivity contribution in [2.24, 2.45) is 52.1 Å². The molecule has 0 spiro atoms. The quantitative estimate of drug-likeness (QED) is 0.192. The van der Waals surface area contributed by atoms with Gasteiger partial charge in [-0.3, -0.25) is 4.79 Å². The predicted octanol–water partition coefficient (Wildman–Crippen LogP) is 6.30. The molecule has 0 heterocycles. The summed E-state index contributed by atoms with van der Waals surface area (Å²) in [4.78, 5) is 12.2. The molecular weight excluding hydrogens is 470 g/mol. The summed E-state index contributed by atoms with van der Waals surface area (Å²) in [5.74, 6) is 5.05. The van der Waals surface area contributed by atoms with Gasteiger partial charge in [-0.25, -0.2) is 0 Å². The zero-order valence-electron chi connectivity index (χ0n) is 25.5. The smallest absolute Gasteiger partial charge is 0.306 e. The molecule has 4 aliphatic rings. The average molecular weight is 532 g/mol. The summed E-state index contributed by atoms with van der Waals surface area (Å²) in [6.07, 6.45) is 16.6. The summed E-state index contributed by atoms with van der Waals surface area (Å²) >= 11 is 0. The van der Waals surface area contributed by atoms with Gasteiger partial charge in [-0.05, 0) is 163 Å². The van der Waals surface area contributed by atoms with Crippen molar-refractivity contribution in [2.45, 2.75) is 130 Å². The minimum Gasteiger partial charge on any atom is -0.463 e. The Morgan fingerprint density at radius 1 is 0.921 bits per heavy atom. The molecule has 0 aromatic carbocycles. The SMILES string of the molecule is CC(C)OC(=O)CC[C@@H](C)[C@H]1CCC2C3CCC4C[C@@H](NCCCNCCCN)CC[C@]4(C)C3CC[C@@]21C. The average Bonchev–Trinajstić information content (AvgIpc) is 3.23. The lowest BCUT2D eigenvalue weighted by atomic mass is 9.44. The Kier molecular flexibility index (Phi) is 10.6. The van der Waals surface area contributed by atoms with Crippen molar-refractivity contribution in [1.29, 1.82) is 0 Å². The summed E-state index contributed by atoms with van der Waals surface area (Å²) < 4.78 is 5.43. The maximum absolute atomic E-state index is 12.2. The molecule has 0 saturated heterocycles. The highest BCUT2D eigenvalue weighted by molar-refractivity contribution is 5.69. The number of hydrogen-bond donors (Lipinski definition) is 3. The Labute approximate surface area is 234 Å². The molecule has 220 valence electrons. The summed E-state index contributed by atoms with van der Waals surface area (Å²) in [7, 11) is 0. The highest BCUT2D eigenvalue weighted by Crippen LogP contribution is 2.68. The first-order chi connectivity index (χ1) is 18.2. The fourth-order valence-electron chi connectivity index (χ4n) is 10.2. The normalized spacial score (nSPS) is 39.3. The first kappa shape index (κ1) is 30.3. The number of nitrogens with two attached hydrogens (primary N) is 1. The Bertz CT molecular complexity index is 759. The third-order valence-electron chi connectivity index (χ3n) is 12.1. The fourth-order valence-corrected chi connectivity index (χ4v) is 10.2. The van der Waals surface area contributed by atoms with Gasteiger partial charge in [0.05, 0.1) is 6.10 Å². The molecule has 9 atom stereocenters. The number of rotatable bonds is 13. The first-order valence-electron chi connectivity index (χ1n) is 16.5. The van der Waals surface area contributed by atoms with E-state index >= 15 is 0 Å². The molecule has 4 N–H and O–H groups in total. The maximum atomic E-state index is 12.2. The van der Waals surface area contributed by atoms with Gasteiger partial charge in [-0.1, -0.05) is 20.8 Å². The summed E-state index contributed by atoms with van der Waals surface area (Å²) in [6.45, 7) is 15.8. The van der Waals surface area contributed by atoms with Gasteiger partial charge in [0.2, 0.25) is 0 Å². The van der Waals surface area contributed by atoms with Crippen LogP contribution in [-0.2, 0) is 9.53 Å². The van der Waals surface area contributed by atoms with E-state index in [-0.39, 0.29) is 12.1 Å². The van der Waals surface area contributed by atoms with Crippen molar-refractivity contribution >= 4 is 5.97 Å². The van der Waals surface area contributed by atoms with Gasteiger partial charge in [0.15, 0.2) is 0 Å². The first-order valence-corrected chi connectivity index (χ1v) is 16.5. The highest BCUT2D eigenvalue weighted by atomic mass is 16.5. The molecule has 0 bridgehead atoms. The second-order valence-corrected chi connectivity index (χ2v) is 14.6. The third-order valence-corrected chi connectivity index (χ3v) is 12.1. The number of carbonyl (C=O) groups excluding carboxylic acids is 1. The standard InChI is InChI=1S/C33H61N3O2/c1-23(2)38-31(37)13-8-24(3)28-11-12-29-27-10-9-25-22-26(36-21-7-20-35-19-6-18-34)14-16-32(25,4)30(27)15-17-33(28,29)5/h23-30,35-36H,6-22,34H2,1-5H3/t24-,25?,26+,27?,28-,29?,30?,32+,33-/m1/s1. The van der Waals surface area contributed by atoms with Gasteiger partial charge in [0.25, 0.3) is 0 Å². The van der Waals surface area contributed by atoms with E-state index in [1.165, 1.54) is 64.2 Å². The van der Waals surface area contributed by atoms with Gasteiger partial charge < -0.3 is 21.1 Å². The molecule has 0 radical (unpaired) electrons. The van der Waals surface area contributed by atoms with Crippen LogP contribution in [0.25, 0.3) is 0 Å². The molecule has 4 fully saturated rings. The van der Waals surface area contributed by atoms with Crippen molar-refractivity contribution < 1.29 is 9.53 Å². The number of esters is 1. The minimum absolute atomic E-state index is 0.00216. The van der Waals surface area contributed by atoms with Crippen LogP contribution >= 0.6 is 0 Å². The van der Waals surface area contributed by atoms with E-state index in [0.717, 1.165) is 74.7 Å². The topological polar surface area (TPSA) is 76.4 Å². The molecule has 0 amide bonds. The largest absolute Gasteiger partial charge is 0.463 e. The highest BCUT2D eigenvalue weighted by Gasteiger charge is 2.60. The lowest BCUT2D eigenvalue weighted by Crippen LogP contribution is -2.55. The van der Waals surface area contributed by atoms with E-state index in [1.54, 1.807) is 0 Å². The van der Waals surface area contributed by atoms with Crippen LogP contribution in [0.15, 0.2) is 0 Å². The van der Waals surface area contributed by atoms with Crippen molar-refractivity contribution in [1.82, 2.24) is 10.6 Å². The van der Waals surface area contributed by atoms with Crippen LogP contribution in [0.1, 0.15) is 118 Å². The van der Waals surface area contributed by atoms with Crippen LogP contribution in [0.3, 0.4) is 0 Å². The van der Waals surface area contributed by atoms with Crippen molar-refractivity contribution in [3.8, 4) is 0 Å². The maximum Gasteiger partial charge on any atom is 0.306 e. The lowest BCUT2D eigenvalue weighted by molar-refractivity contribution is -0.148. The van der Waals surface area contributed by atoms with Crippen molar-refractivity contribution in [3.63, 3.8) is 0 Å². The summed E-state index contributed by atoms with van der Waals surface area (Å²) in [6, 6.07) is 0.724. The summed E-state index contributed by atoms with van der Waals surface area (Å²) in [5.41, 5.74) is 6.61. The van der Waals surface area contributed by atoms with Crippen LogP contribution in [0, 0.1) is 46.3 Å². The Balaban J connectivity index is 1.28. The van der Waals surface area contributed by atoms with E-state index in [4.69, 9.17) is 10.5 Å². The molecule has 38 heavy (non-hydrogen) atoms. The number of fused-ring (bicyclic) bond motifs is 5. The van der Waals surface area contributed by atoms with Crippen LogP contribution in [0.4, 0.5) is 0 Å². The zero-order valence-corrected chi connectivity index (χ0v) is 25.5. The molecule has 4 aliphatic carbocycles. The monoisotopic (exact) mass is 531 g/mol. The van der Waals surface area contributed by atoms with E-state index in [1.807, 2.05) is 13.8 Å². The molecule has 0 aromatic rings. The molecule has 0 aromatic heterocycles. The van der Waals surface area contributed by atoms with E-state index in [9.17, 15) is 4.79 Å². The van der Waals surface area contributed by atoms with E-state index in [2.05, 4.69) is 31.4 Å². The van der Waals surface area contributed by atoms with Gasteiger partial charge >= 0.3 is 5.97 Å². The number of carbonyl (C=O) groups is 1. The Morgan fingerprint density at radius 3 is 2.42 bits per heavy atom. The van der Waals surface area contributed by atoms with Crippen LogP contribution in [0.5, 0.6) is 0 Å². The van der Waals surface area contributed by atoms with Crippen molar-refractivity contribution in [2.75, 3.05) is 26.2 Å². The van der Waals surface area contributed by atoms with Gasteiger partial charge in [-0.15, -0.1) is 0 Å². The number of nitrogens with one attached hydrogen (secondary N) is 2. The molecule has 5 nitrogen and oxygen atoms in total. The molecule has 5 heteroatoms. The number of ether oxygens (including phenoxy) is 1. The summed E-state index contributed by atoms with van der Waals surface area (Å²) in [5, 5.41) is 7.44. The van der Waals surface area contributed by atoms with Gasteiger partial charge in [0, 0.05) is 12.5 Å². The van der Waals surface area contributed by atoms with Crippen molar-refractivity contribution in [3.05, 3.63) is 0 Å². The number of hydrogen-bond acceptors (Lipinski definition) is 5. The van der Waals surface area contributed by atoms with Gasteiger partial charge in [0.1, 0.15) is 0 Å². The van der Waals surface area contributed by atoms with E-state index < -0.39 is 0 Å². The molecule has 0 aliphatic heterocycles. The van der Waals surface area contributed by atoms with E-state index in [0.29, 0.717) is 23.2 Å². The molecular formula is C33H61N3O2. The zero-order chi connectivity index (χ0) is 27.3. The lowest BCUT2D eigenvalue weighted by Gasteiger charge is -2.61. The second-order valence-electron chi connectivity index (χ2n) is 14.6. The van der Waals surface area contributed by atoms with Crippen LogP contribution < -0.4 is 16.4 Å².